The number of hydrogen-bond acceptors (Lipinski definition) is 2. The SMILES string of the molecule is c1ccc(-c2cccc(N(c3ccc4ccc5c6ccccc6sc5c4c3)c3ccccc3-c3cccc4cccc(-c5ccccc5)c34)c2)cc1. The van der Waals surface area contributed by atoms with Gasteiger partial charge in [0.15, 0.2) is 0 Å². The maximum Gasteiger partial charge on any atom is 0.0540 e. The Kier molecular flexibility index (Phi) is 7.41. The highest BCUT2D eigenvalue weighted by Gasteiger charge is 2.21. The highest BCUT2D eigenvalue weighted by atomic mass is 32.1. The minimum Gasteiger partial charge on any atom is -0.310 e. The second-order valence-electron chi connectivity index (χ2n) is 13.3. The second-order valence-corrected chi connectivity index (χ2v) is 14.3. The van der Waals surface area contributed by atoms with Gasteiger partial charge in [0.1, 0.15) is 0 Å². The van der Waals surface area contributed by atoms with Crippen LogP contribution in [-0.2, 0) is 0 Å². The fraction of sp³-hybridized carbons (Fsp3) is 0. The van der Waals surface area contributed by atoms with Gasteiger partial charge < -0.3 is 4.90 Å². The molecule has 2 heteroatoms. The van der Waals surface area contributed by atoms with Gasteiger partial charge >= 0.3 is 0 Å². The minimum atomic E-state index is 1.11. The lowest BCUT2D eigenvalue weighted by Gasteiger charge is -2.29. The molecule has 9 aromatic carbocycles. The van der Waals surface area contributed by atoms with Crippen LogP contribution in [0.3, 0.4) is 0 Å². The van der Waals surface area contributed by atoms with E-state index in [2.05, 4.69) is 205 Å². The van der Waals surface area contributed by atoms with Crippen molar-refractivity contribution < 1.29 is 0 Å². The summed E-state index contributed by atoms with van der Waals surface area (Å²) in [7, 11) is 0. The highest BCUT2D eigenvalue weighted by molar-refractivity contribution is 7.26. The molecule has 0 N–H and O–H groups in total. The van der Waals surface area contributed by atoms with Crippen LogP contribution in [0.25, 0.3) is 75.1 Å². The zero-order valence-electron chi connectivity index (χ0n) is 28.4. The molecule has 0 saturated heterocycles. The van der Waals surface area contributed by atoms with Gasteiger partial charge in [-0.25, -0.2) is 0 Å². The molecule has 0 fully saturated rings. The fourth-order valence-corrected chi connectivity index (χ4v) is 9.06. The van der Waals surface area contributed by atoms with Crippen LogP contribution < -0.4 is 4.90 Å². The van der Waals surface area contributed by atoms with Crippen LogP contribution in [0.4, 0.5) is 17.1 Å². The normalized spacial score (nSPS) is 11.5. The second kappa shape index (κ2) is 12.7. The number of thiophene rings is 1. The highest BCUT2D eigenvalue weighted by Crippen LogP contribution is 2.47. The van der Waals surface area contributed by atoms with E-state index in [0.29, 0.717) is 0 Å². The quantitative estimate of drug-likeness (QED) is 0.169. The van der Waals surface area contributed by atoms with Crippen LogP contribution in [0, 0.1) is 0 Å². The Hall–Kier alpha value is -6.48. The Labute approximate surface area is 307 Å². The van der Waals surface area contributed by atoms with Crippen molar-refractivity contribution in [3.8, 4) is 33.4 Å². The smallest absolute Gasteiger partial charge is 0.0540 e. The molecule has 10 aromatic rings. The number of benzene rings is 9. The summed E-state index contributed by atoms with van der Waals surface area (Å²) in [6, 6.07) is 73.0. The van der Waals surface area contributed by atoms with Crippen LogP contribution in [-0.4, -0.2) is 0 Å². The van der Waals surface area contributed by atoms with Crippen LogP contribution >= 0.6 is 11.3 Å². The first-order valence-electron chi connectivity index (χ1n) is 17.8. The monoisotopic (exact) mass is 679 g/mol. The molecule has 0 spiro atoms. The first-order chi connectivity index (χ1) is 25.8. The van der Waals surface area contributed by atoms with Gasteiger partial charge in [-0.05, 0) is 80.4 Å². The third-order valence-corrected chi connectivity index (χ3v) is 11.5. The summed E-state index contributed by atoms with van der Waals surface area (Å²) < 4.78 is 2.65. The topological polar surface area (TPSA) is 3.24 Å². The molecule has 10 rings (SSSR count). The van der Waals surface area contributed by atoms with E-state index < -0.39 is 0 Å². The van der Waals surface area contributed by atoms with Crippen LogP contribution in [0.5, 0.6) is 0 Å². The number of nitrogens with zero attached hydrogens (tertiary/aromatic N) is 1. The Balaban J connectivity index is 1.24. The Bertz CT molecular complexity index is 2900. The molecule has 52 heavy (non-hydrogen) atoms. The average molecular weight is 680 g/mol. The third-order valence-electron chi connectivity index (χ3n) is 10.2. The van der Waals surface area contributed by atoms with E-state index in [1.807, 2.05) is 11.3 Å². The van der Waals surface area contributed by atoms with E-state index in [1.165, 1.54) is 75.1 Å². The molecule has 0 saturated carbocycles. The molecule has 1 heterocycles. The van der Waals surface area contributed by atoms with Crippen LogP contribution in [0.15, 0.2) is 200 Å². The van der Waals surface area contributed by atoms with Gasteiger partial charge in [-0.3, -0.25) is 0 Å². The molecule has 1 aromatic heterocycles. The van der Waals surface area contributed by atoms with Crippen molar-refractivity contribution in [1.29, 1.82) is 0 Å². The van der Waals surface area contributed by atoms with E-state index in [-0.39, 0.29) is 0 Å². The molecule has 244 valence electrons. The van der Waals surface area contributed by atoms with Crippen molar-refractivity contribution in [3.05, 3.63) is 200 Å². The van der Waals surface area contributed by atoms with E-state index in [4.69, 9.17) is 0 Å². The zero-order chi connectivity index (χ0) is 34.4. The minimum absolute atomic E-state index is 1.11. The van der Waals surface area contributed by atoms with Gasteiger partial charge in [-0.1, -0.05) is 164 Å². The summed E-state index contributed by atoms with van der Waals surface area (Å²) >= 11 is 1.89. The third kappa shape index (κ3) is 5.16. The maximum atomic E-state index is 2.46. The van der Waals surface area contributed by atoms with E-state index >= 15 is 0 Å². The van der Waals surface area contributed by atoms with Crippen molar-refractivity contribution in [3.63, 3.8) is 0 Å². The van der Waals surface area contributed by atoms with Crippen molar-refractivity contribution in [2.45, 2.75) is 0 Å². The number of fused-ring (bicyclic) bond motifs is 6. The van der Waals surface area contributed by atoms with E-state index in [0.717, 1.165) is 17.1 Å². The Morgan fingerprint density at radius 1 is 0.346 bits per heavy atom. The lowest BCUT2D eigenvalue weighted by molar-refractivity contribution is 1.29. The standard InChI is InChI=1S/C50H33NS/c1-3-14-34(15-4-1)38-20-11-21-39(32-38)51(40-30-28-36-29-31-45-43-23-8-10-27-48(43)52-50(45)46(36)33-40)47-26-9-7-22-42(47)44-25-13-19-37-18-12-24-41(49(37)44)35-16-5-2-6-17-35/h1-33H. The van der Waals surface area contributed by atoms with Crippen molar-refractivity contribution in [2.24, 2.45) is 0 Å². The fourth-order valence-electron chi connectivity index (χ4n) is 7.83. The number of rotatable bonds is 6. The van der Waals surface area contributed by atoms with Crippen molar-refractivity contribution in [1.82, 2.24) is 0 Å². The largest absolute Gasteiger partial charge is 0.310 e. The van der Waals surface area contributed by atoms with Crippen LogP contribution in [0.1, 0.15) is 0 Å². The van der Waals surface area contributed by atoms with Gasteiger partial charge in [0.25, 0.3) is 0 Å². The zero-order valence-corrected chi connectivity index (χ0v) is 29.2. The van der Waals surface area contributed by atoms with Gasteiger partial charge in [0.05, 0.1) is 5.69 Å². The summed E-state index contributed by atoms with van der Waals surface area (Å²) in [5, 5.41) is 7.63. The summed E-state index contributed by atoms with van der Waals surface area (Å²) in [4.78, 5) is 2.46. The predicted octanol–water partition coefficient (Wildman–Crippen LogP) is 14.8. The van der Waals surface area contributed by atoms with Gasteiger partial charge in [-0.2, -0.15) is 0 Å². The van der Waals surface area contributed by atoms with E-state index in [1.54, 1.807) is 0 Å². The lowest BCUT2D eigenvalue weighted by atomic mass is 9.90. The molecule has 0 atom stereocenters. The van der Waals surface area contributed by atoms with Gasteiger partial charge in [0.2, 0.25) is 0 Å². The van der Waals surface area contributed by atoms with Gasteiger partial charge in [-0.15, -0.1) is 11.3 Å². The van der Waals surface area contributed by atoms with Gasteiger partial charge in [0, 0.05) is 42.5 Å². The molecule has 0 radical (unpaired) electrons. The molecule has 1 nitrogen and oxygen atoms in total. The summed E-state index contributed by atoms with van der Waals surface area (Å²) in [6.45, 7) is 0. The van der Waals surface area contributed by atoms with Crippen molar-refractivity contribution >= 4 is 70.1 Å². The molecular weight excluding hydrogens is 647 g/mol. The summed E-state index contributed by atoms with van der Waals surface area (Å²) in [5.41, 5.74) is 10.6. The number of anilines is 3. The van der Waals surface area contributed by atoms with Crippen molar-refractivity contribution in [2.75, 3.05) is 4.90 Å². The molecule has 0 bridgehead atoms. The molecular formula is C50H33NS. The molecule has 0 unspecified atom stereocenters. The summed E-state index contributed by atoms with van der Waals surface area (Å²) in [6.07, 6.45) is 0. The average Bonchev–Trinajstić information content (AvgIpc) is 3.61. The number of hydrogen-bond donors (Lipinski definition) is 0. The first-order valence-corrected chi connectivity index (χ1v) is 18.6. The van der Waals surface area contributed by atoms with E-state index in [9.17, 15) is 0 Å². The summed E-state index contributed by atoms with van der Waals surface area (Å²) in [5.74, 6) is 0. The maximum absolute atomic E-state index is 2.46. The molecule has 0 aliphatic rings. The van der Waals surface area contributed by atoms with Crippen LogP contribution in [0.2, 0.25) is 0 Å². The molecule has 0 amide bonds. The molecule has 0 aliphatic heterocycles. The lowest BCUT2D eigenvalue weighted by Crippen LogP contribution is -2.11. The molecule has 0 aliphatic carbocycles. The predicted molar refractivity (Wildman–Crippen MR) is 225 cm³/mol. The number of para-hydroxylation sites is 1. The Morgan fingerprint density at radius 3 is 1.83 bits per heavy atom. The Morgan fingerprint density at radius 2 is 0.981 bits per heavy atom. The first kappa shape index (κ1) is 30.4.